The second-order valence-electron chi connectivity index (χ2n) is 7.20. The van der Waals surface area contributed by atoms with Crippen LogP contribution in [0.3, 0.4) is 0 Å². The minimum atomic E-state index is 0.379. The highest BCUT2D eigenvalue weighted by Crippen LogP contribution is 2.23. The summed E-state index contributed by atoms with van der Waals surface area (Å²) in [5.41, 5.74) is 4.33. The molecule has 0 saturated carbocycles. The van der Waals surface area contributed by atoms with Gasteiger partial charge in [-0.3, -0.25) is 0 Å². The first-order chi connectivity index (χ1) is 14.7. The first kappa shape index (κ1) is 19.8. The molecule has 0 spiro atoms. The first-order valence-electron chi connectivity index (χ1n) is 10.1. The number of nitrogens with zero attached hydrogens (tertiary/aromatic N) is 2. The van der Waals surface area contributed by atoms with Gasteiger partial charge in [0.05, 0.1) is 24.7 Å². The summed E-state index contributed by atoms with van der Waals surface area (Å²) in [6, 6.07) is 21.9. The van der Waals surface area contributed by atoms with E-state index in [-0.39, 0.29) is 0 Å². The van der Waals surface area contributed by atoms with E-state index in [9.17, 15) is 0 Å². The van der Waals surface area contributed by atoms with Gasteiger partial charge < -0.3 is 18.8 Å². The molecule has 154 valence electrons. The highest BCUT2D eigenvalue weighted by atomic mass is 16.5. The van der Waals surface area contributed by atoms with Crippen molar-refractivity contribution in [2.24, 2.45) is 0 Å². The molecule has 5 heteroatoms. The molecule has 0 fully saturated rings. The van der Waals surface area contributed by atoms with Crippen LogP contribution in [0, 0.1) is 13.8 Å². The Morgan fingerprint density at radius 2 is 1.50 bits per heavy atom. The van der Waals surface area contributed by atoms with Crippen molar-refractivity contribution < 1.29 is 14.2 Å². The Balaban J connectivity index is 1.51. The van der Waals surface area contributed by atoms with Crippen molar-refractivity contribution in [3.63, 3.8) is 0 Å². The van der Waals surface area contributed by atoms with Gasteiger partial charge in [0.2, 0.25) is 0 Å². The fraction of sp³-hybridized carbons (Fsp3) is 0.240. The Kier molecular flexibility index (Phi) is 5.89. The largest absolute Gasteiger partial charge is 0.497 e. The van der Waals surface area contributed by atoms with Crippen LogP contribution in [-0.4, -0.2) is 23.3 Å². The smallest absolute Gasteiger partial charge is 0.148 e. The average Bonchev–Trinajstić information content (AvgIpc) is 3.12. The van der Waals surface area contributed by atoms with Gasteiger partial charge in [0.25, 0.3) is 0 Å². The van der Waals surface area contributed by atoms with E-state index < -0.39 is 0 Å². The van der Waals surface area contributed by atoms with Crippen molar-refractivity contribution in [3.8, 4) is 17.2 Å². The molecule has 30 heavy (non-hydrogen) atoms. The molecular weight excluding hydrogens is 376 g/mol. The fourth-order valence-electron chi connectivity index (χ4n) is 3.57. The van der Waals surface area contributed by atoms with Crippen LogP contribution in [0.2, 0.25) is 0 Å². The van der Waals surface area contributed by atoms with Crippen molar-refractivity contribution in [3.05, 3.63) is 83.7 Å². The first-order valence-corrected chi connectivity index (χ1v) is 10.1. The summed E-state index contributed by atoms with van der Waals surface area (Å²) >= 11 is 0. The van der Waals surface area contributed by atoms with Crippen LogP contribution in [0.25, 0.3) is 11.0 Å². The standard InChI is InChI=1S/C25H26N2O3/c1-18-7-6-8-19(2)25(18)29-16-15-27-23-10-5-4-9-22(23)26-24(27)17-30-21-13-11-20(28-3)12-14-21/h4-14H,15-17H2,1-3H3. The van der Waals surface area contributed by atoms with Gasteiger partial charge in [-0.15, -0.1) is 0 Å². The molecule has 4 aromatic rings. The lowest BCUT2D eigenvalue weighted by molar-refractivity contribution is 0.270. The Bertz CT molecular complexity index is 1110. The topological polar surface area (TPSA) is 45.5 Å². The Labute approximate surface area is 176 Å². The number of aromatic nitrogens is 2. The van der Waals surface area contributed by atoms with Crippen molar-refractivity contribution in [1.29, 1.82) is 0 Å². The normalized spacial score (nSPS) is 10.9. The predicted octanol–water partition coefficient (Wildman–Crippen LogP) is 5.32. The Hall–Kier alpha value is -3.47. The molecule has 0 N–H and O–H groups in total. The number of hydrogen-bond donors (Lipinski definition) is 0. The van der Waals surface area contributed by atoms with Crippen LogP contribution in [0.15, 0.2) is 66.7 Å². The van der Waals surface area contributed by atoms with Gasteiger partial charge in [-0.2, -0.15) is 0 Å². The summed E-state index contributed by atoms with van der Waals surface area (Å²) < 4.78 is 19.5. The fourth-order valence-corrected chi connectivity index (χ4v) is 3.57. The molecule has 4 rings (SSSR count). The second-order valence-corrected chi connectivity index (χ2v) is 7.20. The lowest BCUT2D eigenvalue weighted by atomic mass is 10.1. The van der Waals surface area contributed by atoms with Crippen molar-refractivity contribution in [2.45, 2.75) is 27.0 Å². The van der Waals surface area contributed by atoms with Crippen LogP contribution in [0.5, 0.6) is 17.2 Å². The molecule has 0 unspecified atom stereocenters. The number of para-hydroxylation sites is 3. The molecule has 0 aliphatic carbocycles. The number of rotatable bonds is 8. The molecule has 0 aliphatic rings. The van der Waals surface area contributed by atoms with Crippen LogP contribution in [-0.2, 0) is 13.2 Å². The third-order valence-corrected chi connectivity index (χ3v) is 5.13. The summed E-state index contributed by atoms with van der Waals surface area (Å²) in [6.07, 6.45) is 0. The van der Waals surface area contributed by atoms with Gasteiger partial charge >= 0.3 is 0 Å². The third kappa shape index (κ3) is 4.25. The van der Waals surface area contributed by atoms with Crippen LogP contribution >= 0.6 is 0 Å². The second kappa shape index (κ2) is 8.91. The highest BCUT2D eigenvalue weighted by molar-refractivity contribution is 5.75. The summed E-state index contributed by atoms with van der Waals surface area (Å²) in [4.78, 5) is 4.78. The van der Waals surface area contributed by atoms with Crippen LogP contribution in [0.4, 0.5) is 0 Å². The van der Waals surface area contributed by atoms with Crippen molar-refractivity contribution >= 4 is 11.0 Å². The van der Waals surface area contributed by atoms with E-state index in [1.807, 2.05) is 42.5 Å². The molecule has 5 nitrogen and oxygen atoms in total. The SMILES string of the molecule is COc1ccc(OCc2nc3ccccc3n2CCOc2c(C)cccc2C)cc1. The summed E-state index contributed by atoms with van der Waals surface area (Å²) in [6.45, 7) is 5.77. The number of methoxy groups -OCH3 is 1. The monoisotopic (exact) mass is 402 g/mol. The molecule has 0 amide bonds. The maximum absolute atomic E-state index is 6.13. The summed E-state index contributed by atoms with van der Waals surface area (Å²) in [7, 11) is 1.65. The molecular formula is C25H26N2O3. The molecule has 1 heterocycles. The van der Waals surface area contributed by atoms with Gasteiger partial charge in [0.15, 0.2) is 0 Å². The summed E-state index contributed by atoms with van der Waals surface area (Å²) in [5, 5.41) is 0. The van der Waals surface area contributed by atoms with Gasteiger partial charge in [-0.05, 0) is 61.4 Å². The Morgan fingerprint density at radius 1 is 0.800 bits per heavy atom. The maximum atomic E-state index is 6.13. The number of aryl methyl sites for hydroxylation is 2. The number of imidazole rings is 1. The average molecular weight is 402 g/mol. The molecule has 0 atom stereocenters. The van der Waals surface area contributed by atoms with Gasteiger partial charge in [-0.25, -0.2) is 4.98 Å². The zero-order chi connectivity index (χ0) is 20.9. The lowest BCUT2D eigenvalue weighted by Crippen LogP contribution is -2.13. The summed E-state index contributed by atoms with van der Waals surface area (Å²) in [5.74, 6) is 3.41. The van der Waals surface area contributed by atoms with E-state index >= 15 is 0 Å². The molecule has 1 aromatic heterocycles. The van der Waals surface area contributed by atoms with E-state index in [1.165, 1.54) is 0 Å². The molecule has 3 aromatic carbocycles. The lowest BCUT2D eigenvalue weighted by Gasteiger charge is -2.14. The Morgan fingerprint density at radius 3 is 2.23 bits per heavy atom. The molecule has 0 radical (unpaired) electrons. The van der Waals surface area contributed by atoms with E-state index in [4.69, 9.17) is 19.2 Å². The zero-order valence-corrected chi connectivity index (χ0v) is 17.6. The number of hydrogen-bond acceptors (Lipinski definition) is 4. The number of benzene rings is 3. The highest BCUT2D eigenvalue weighted by Gasteiger charge is 2.12. The van der Waals surface area contributed by atoms with Crippen molar-refractivity contribution in [2.75, 3.05) is 13.7 Å². The minimum absolute atomic E-state index is 0.379. The molecule has 0 bridgehead atoms. The number of ether oxygens (including phenoxy) is 3. The minimum Gasteiger partial charge on any atom is -0.497 e. The van der Waals surface area contributed by atoms with E-state index in [0.717, 1.165) is 45.2 Å². The van der Waals surface area contributed by atoms with Gasteiger partial charge in [0, 0.05) is 0 Å². The van der Waals surface area contributed by atoms with Gasteiger partial charge in [0.1, 0.15) is 36.3 Å². The molecule has 0 aliphatic heterocycles. The third-order valence-electron chi connectivity index (χ3n) is 5.13. The number of fused-ring (bicyclic) bond motifs is 1. The predicted molar refractivity (Wildman–Crippen MR) is 118 cm³/mol. The molecule has 0 saturated heterocycles. The van der Waals surface area contributed by atoms with Crippen LogP contribution < -0.4 is 14.2 Å². The maximum Gasteiger partial charge on any atom is 0.148 e. The van der Waals surface area contributed by atoms with Gasteiger partial charge in [-0.1, -0.05) is 30.3 Å². The zero-order valence-electron chi connectivity index (χ0n) is 17.6. The van der Waals surface area contributed by atoms with E-state index in [1.54, 1.807) is 7.11 Å². The van der Waals surface area contributed by atoms with E-state index in [0.29, 0.717) is 19.8 Å². The van der Waals surface area contributed by atoms with Crippen molar-refractivity contribution in [1.82, 2.24) is 9.55 Å². The van der Waals surface area contributed by atoms with E-state index in [2.05, 4.69) is 42.7 Å². The quantitative estimate of drug-likeness (QED) is 0.400. The van der Waals surface area contributed by atoms with Crippen LogP contribution in [0.1, 0.15) is 17.0 Å².